The Labute approximate surface area is 169 Å². The predicted octanol–water partition coefficient (Wildman–Crippen LogP) is 4.26. The van der Waals surface area contributed by atoms with E-state index in [1.54, 1.807) is 24.3 Å². The van der Waals surface area contributed by atoms with E-state index in [-0.39, 0.29) is 18.4 Å². The van der Waals surface area contributed by atoms with E-state index in [4.69, 9.17) is 4.74 Å². The molecule has 1 aliphatic carbocycles. The molecule has 0 spiro atoms. The summed E-state index contributed by atoms with van der Waals surface area (Å²) in [6.07, 6.45) is 2.07. The van der Waals surface area contributed by atoms with Crippen LogP contribution in [0.5, 0.6) is 5.75 Å². The SMILES string of the molecule is O=C(COc1ccc(-c2ccccc2)cc1)Nc1cccc(C(=O)NC2CC2)c1. The van der Waals surface area contributed by atoms with E-state index >= 15 is 0 Å². The molecule has 4 rings (SSSR count). The Balaban J connectivity index is 1.30. The number of hydrogen-bond donors (Lipinski definition) is 2. The summed E-state index contributed by atoms with van der Waals surface area (Å²) >= 11 is 0. The highest BCUT2D eigenvalue weighted by molar-refractivity contribution is 5.97. The van der Waals surface area contributed by atoms with Gasteiger partial charge in [0.1, 0.15) is 5.75 Å². The zero-order valence-corrected chi connectivity index (χ0v) is 15.9. The van der Waals surface area contributed by atoms with E-state index in [2.05, 4.69) is 10.6 Å². The van der Waals surface area contributed by atoms with Gasteiger partial charge in [-0.1, -0.05) is 48.5 Å². The Morgan fingerprint density at radius 1 is 0.862 bits per heavy atom. The Kier molecular flexibility index (Phi) is 5.56. The fourth-order valence-corrected chi connectivity index (χ4v) is 2.95. The summed E-state index contributed by atoms with van der Waals surface area (Å²) in [6.45, 7) is -0.108. The topological polar surface area (TPSA) is 67.4 Å². The maximum absolute atomic E-state index is 12.2. The second-order valence-electron chi connectivity index (χ2n) is 7.06. The first-order valence-electron chi connectivity index (χ1n) is 9.66. The summed E-state index contributed by atoms with van der Waals surface area (Å²) in [4.78, 5) is 24.3. The predicted molar refractivity (Wildman–Crippen MR) is 113 cm³/mol. The first-order chi connectivity index (χ1) is 14.2. The average molecular weight is 386 g/mol. The van der Waals surface area contributed by atoms with Gasteiger partial charge in [0.15, 0.2) is 6.61 Å². The zero-order chi connectivity index (χ0) is 20.1. The van der Waals surface area contributed by atoms with Crippen molar-refractivity contribution in [1.29, 1.82) is 0 Å². The van der Waals surface area contributed by atoms with Crippen LogP contribution in [0.4, 0.5) is 5.69 Å². The van der Waals surface area contributed by atoms with E-state index in [1.807, 2.05) is 54.6 Å². The number of rotatable bonds is 7. The van der Waals surface area contributed by atoms with Crippen molar-refractivity contribution in [2.45, 2.75) is 18.9 Å². The van der Waals surface area contributed by atoms with E-state index in [0.717, 1.165) is 24.0 Å². The van der Waals surface area contributed by atoms with Gasteiger partial charge in [0, 0.05) is 17.3 Å². The summed E-state index contributed by atoms with van der Waals surface area (Å²) < 4.78 is 5.58. The molecule has 29 heavy (non-hydrogen) atoms. The summed E-state index contributed by atoms with van der Waals surface area (Å²) in [5.41, 5.74) is 3.32. The minimum atomic E-state index is -0.281. The first-order valence-corrected chi connectivity index (χ1v) is 9.66. The molecule has 0 aromatic heterocycles. The van der Waals surface area contributed by atoms with Crippen molar-refractivity contribution >= 4 is 17.5 Å². The molecule has 0 radical (unpaired) electrons. The average Bonchev–Trinajstić information content (AvgIpc) is 3.57. The van der Waals surface area contributed by atoms with Gasteiger partial charge in [0.2, 0.25) is 0 Å². The first kappa shape index (κ1) is 18.7. The van der Waals surface area contributed by atoms with Crippen molar-refractivity contribution < 1.29 is 14.3 Å². The van der Waals surface area contributed by atoms with Gasteiger partial charge < -0.3 is 15.4 Å². The van der Waals surface area contributed by atoms with Crippen LogP contribution in [0.15, 0.2) is 78.9 Å². The van der Waals surface area contributed by atoms with Crippen molar-refractivity contribution in [1.82, 2.24) is 5.32 Å². The van der Waals surface area contributed by atoms with Crippen LogP contribution in [0.1, 0.15) is 23.2 Å². The van der Waals surface area contributed by atoms with Gasteiger partial charge in [-0.05, 0) is 54.3 Å². The van der Waals surface area contributed by atoms with E-state index in [9.17, 15) is 9.59 Å². The van der Waals surface area contributed by atoms with Crippen LogP contribution in [-0.4, -0.2) is 24.5 Å². The molecule has 3 aromatic carbocycles. The highest BCUT2D eigenvalue weighted by atomic mass is 16.5. The van der Waals surface area contributed by atoms with Gasteiger partial charge in [-0.3, -0.25) is 9.59 Å². The Morgan fingerprint density at radius 3 is 2.31 bits per heavy atom. The minimum absolute atomic E-state index is 0.108. The number of carbonyl (C=O) groups is 2. The lowest BCUT2D eigenvalue weighted by atomic mass is 10.1. The third-order valence-corrected chi connectivity index (χ3v) is 4.65. The maximum atomic E-state index is 12.2. The van der Waals surface area contributed by atoms with Gasteiger partial charge >= 0.3 is 0 Å². The van der Waals surface area contributed by atoms with Crippen molar-refractivity contribution in [3.05, 3.63) is 84.4 Å². The molecule has 5 heteroatoms. The third kappa shape index (κ3) is 5.23. The lowest BCUT2D eigenvalue weighted by Gasteiger charge is -2.10. The molecule has 0 unspecified atom stereocenters. The van der Waals surface area contributed by atoms with Crippen LogP contribution in [0.2, 0.25) is 0 Å². The molecule has 1 saturated carbocycles. The van der Waals surface area contributed by atoms with Crippen molar-refractivity contribution in [3.63, 3.8) is 0 Å². The molecule has 3 aromatic rings. The van der Waals surface area contributed by atoms with Gasteiger partial charge in [0.25, 0.3) is 11.8 Å². The minimum Gasteiger partial charge on any atom is -0.484 e. The molecule has 1 fully saturated rings. The Morgan fingerprint density at radius 2 is 1.59 bits per heavy atom. The van der Waals surface area contributed by atoms with Gasteiger partial charge in [-0.15, -0.1) is 0 Å². The van der Waals surface area contributed by atoms with Gasteiger partial charge in [-0.2, -0.15) is 0 Å². The molecule has 146 valence electrons. The number of hydrogen-bond acceptors (Lipinski definition) is 3. The molecular formula is C24H22N2O3. The second kappa shape index (κ2) is 8.61. The lowest BCUT2D eigenvalue weighted by molar-refractivity contribution is -0.118. The van der Waals surface area contributed by atoms with E-state index < -0.39 is 0 Å². The summed E-state index contributed by atoms with van der Waals surface area (Å²) in [6, 6.07) is 24.9. The fourth-order valence-electron chi connectivity index (χ4n) is 2.95. The summed E-state index contributed by atoms with van der Waals surface area (Å²) in [5, 5.41) is 5.71. The Bertz CT molecular complexity index is 996. The smallest absolute Gasteiger partial charge is 0.262 e. The third-order valence-electron chi connectivity index (χ3n) is 4.65. The van der Waals surface area contributed by atoms with Gasteiger partial charge in [0.05, 0.1) is 0 Å². The van der Waals surface area contributed by atoms with E-state index in [0.29, 0.717) is 23.0 Å². The number of amides is 2. The number of carbonyl (C=O) groups excluding carboxylic acids is 2. The zero-order valence-electron chi connectivity index (χ0n) is 15.9. The van der Waals surface area contributed by atoms with Crippen LogP contribution >= 0.6 is 0 Å². The van der Waals surface area contributed by atoms with Crippen molar-refractivity contribution in [2.24, 2.45) is 0 Å². The van der Waals surface area contributed by atoms with Crippen molar-refractivity contribution in [3.8, 4) is 16.9 Å². The molecule has 0 aliphatic heterocycles. The van der Waals surface area contributed by atoms with E-state index in [1.165, 1.54) is 0 Å². The van der Waals surface area contributed by atoms with Crippen LogP contribution < -0.4 is 15.4 Å². The molecule has 2 N–H and O–H groups in total. The van der Waals surface area contributed by atoms with Crippen LogP contribution in [-0.2, 0) is 4.79 Å². The molecule has 0 heterocycles. The quantitative estimate of drug-likeness (QED) is 0.637. The normalized spacial score (nSPS) is 12.8. The lowest BCUT2D eigenvalue weighted by Crippen LogP contribution is -2.25. The number of ether oxygens (including phenoxy) is 1. The molecule has 2 amide bonds. The Hall–Kier alpha value is -3.60. The standard InChI is InChI=1S/C24H22N2O3/c27-23(25-21-8-4-7-19(15-21)24(28)26-20-11-12-20)16-29-22-13-9-18(10-14-22)17-5-2-1-3-6-17/h1-10,13-15,20H,11-12,16H2,(H,25,27)(H,26,28). The highest BCUT2D eigenvalue weighted by Gasteiger charge is 2.23. The molecular weight excluding hydrogens is 364 g/mol. The molecule has 0 saturated heterocycles. The molecule has 0 atom stereocenters. The largest absolute Gasteiger partial charge is 0.484 e. The monoisotopic (exact) mass is 386 g/mol. The number of nitrogens with one attached hydrogen (secondary N) is 2. The van der Waals surface area contributed by atoms with Crippen LogP contribution in [0.3, 0.4) is 0 Å². The molecule has 1 aliphatic rings. The van der Waals surface area contributed by atoms with Crippen LogP contribution in [0, 0.1) is 0 Å². The second-order valence-corrected chi connectivity index (χ2v) is 7.06. The van der Waals surface area contributed by atoms with Gasteiger partial charge in [-0.25, -0.2) is 0 Å². The maximum Gasteiger partial charge on any atom is 0.262 e. The molecule has 0 bridgehead atoms. The van der Waals surface area contributed by atoms with Crippen LogP contribution in [0.25, 0.3) is 11.1 Å². The highest BCUT2D eigenvalue weighted by Crippen LogP contribution is 2.22. The summed E-state index contributed by atoms with van der Waals surface area (Å²) in [5.74, 6) is 0.229. The number of anilines is 1. The van der Waals surface area contributed by atoms with Crippen molar-refractivity contribution in [2.75, 3.05) is 11.9 Å². The molecule has 5 nitrogen and oxygen atoms in total. The number of benzene rings is 3. The fraction of sp³-hybridized carbons (Fsp3) is 0.167. The summed E-state index contributed by atoms with van der Waals surface area (Å²) in [7, 11) is 0.